The van der Waals surface area contributed by atoms with E-state index in [0.717, 1.165) is 10.1 Å². The molecule has 0 spiro atoms. The molecular weight excluding hydrogens is 462 g/mol. The average Bonchev–Trinajstić information content (AvgIpc) is 3.16. The molecule has 3 rings (SSSR count). The normalized spacial score (nSPS) is 14.0. The monoisotopic (exact) mass is 492 g/mol. The molecule has 0 unspecified atom stereocenters. The largest absolute Gasteiger partial charge is 0.354 e. The Kier molecular flexibility index (Phi) is 8.04. The summed E-state index contributed by atoms with van der Waals surface area (Å²) in [6.07, 6.45) is 0.279. The second-order valence-corrected chi connectivity index (χ2v) is 10.6. The molecule has 0 bridgehead atoms. The minimum atomic E-state index is -3.92. The van der Waals surface area contributed by atoms with Crippen molar-refractivity contribution in [1.82, 2.24) is 19.6 Å². The van der Waals surface area contributed by atoms with Crippen LogP contribution < -0.4 is 10.0 Å². The lowest BCUT2D eigenvalue weighted by atomic mass is 10.0. The maximum Gasteiger partial charge on any atom is 0.320 e. The molecule has 10 heteroatoms. The van der Waals surface area contributed by atoms with E-state index in [0.29, 0.717) is 11.0 Å². The van der Waals surface area contributed by atoms with Gasteiger partial charge in [0.15, 0.2) is 0 Å². The highest BCUT2D eigenvalue weighted by atomic mass is 32.2. The van der Waals surface area contributed by atoms with Gasteiger partial charge in [-0.1, -0.05) is 50.6 Å². The molecule has 184 valence electrons. The topological polar surface area (TPSA) is 93.1 Å². The van der Waals surface area contributed by atoms with E-state index in [1.807, 2.05) is 20.8 Å². The molecule has 0 saturated heterocycles. The number of aryl methyl sites for hydroxylation is 1. The molecule has 0 aliphatic heterocycles. The molecule has 0 fully saturated rings. The van der Waals surface area contributed by atoms with E-state index < -0.39 is 34.4 Å². The molecule has 2 N–H and O–H groups in total. The number of halogens is 2. The van der Waals surface area contributed by atoms with Crippen molar-refractivity contribution >= 4 is 27.0 Å². The van der Waals surface area contributed by atoms with Crippen LogP contribution in [0.15, 0.2) is 53.4 Å². The minimum Gasteiger partial charge on any atom is -0.354 e. The number of hydrogen-bond acceptors (Lipinski definition) is 4. The number of carbonyl (C=O) groups is 1. The maximum atomic E-state index is 13.8. The third kappa shape index (κ3) is 5.98. The first-order valence-corrected chi connectivity index (χ1v) is 12.6. The van der Waals surface area contributed by atoms with Gasteiger partial charge < -0.3 is 5.32 Å². The number of carbonyl (C=O) groups excluding carboxylic acids is 1. The number of aromatic nitrogens is 2. The van der Waals surface area contributed by atoms with Gasteiger partial charge in [0.1, 0.15) is 11.9 Å². The van der Waals surface area contributed by atoms with Gasteiger partial charge in [-0.25, -0.2) is 13.4 Å². The number of amides is 1. The lowest BCUT2D eigenvalue weighted by Gasteiger charge is -2.21. The van der Waals surface area contributed by atoms with Gasteiger partial charge >= 0.3 is 6.55 Å². The summed E-state index contributed by atoms with van der Waals surface area (Å²) in [5.41, 5.74) is 1.67. The van der Waals surface area contributed by atoms with Crippen LogP contribution in [0.25, 0.3) is 11.0 Å². The van der Waals surface area contributed by atoms with Crippen molar-refractivity contribution in [2.45, 2.75) is 57.5 Å². The Labute approximate surface area is 198 Å². The molecule has 2 aromatic carbocycles. The Morgan fingerprint density at radius 2 is 1.71 bits per heavy atom. The summed E-state index contributed by atoms with van der Waals surface area (Å²) in [5, 5.41) is 2.72. The molecule has 34 heavy (non-hydrogen) atoms. The van der Waals surface area contributed by atoms with Crippen LogP contribution in [0.4, 0.5) is 8.78 Å². The van der Waals surface area contributed by atoms with Gasteiger partial charge in [-0.3, -0.25) is 9.36 Å². The number of imidazole rings is 1. The Balaban J connectivity index is 1.76. The summed E-state index contributed by atoms with van der Waals surface area (Å²) in [6, 6.07) is 11.9. The molecule has 2 atom stereocenters. The number of para-hydroxylation sites is 2. The highest BCUT2D eigenvalue weighted by Crippen LogP contribution is 2.27. The predicted octanol–water partition coefficient (Wildman–Crippen LogP) is 4.35. The molecule has 0 aliphatic rings. The summed E-state index contributed by atoms with van der Waals surface area (Å²) < 4.78 is 56.5. The van der Waals surface area contributed by atoms with E-state index >= 15 is 0 Å². The summed E-state index contributed by atoms with van der Waals surface area (Å²) in [4.78, 5) is 17.4. The molecule has 0 aliphatic carbocycles. The zero-order valence-corrected chi connectivity index (χ0v) is 20.4. The molecular formula is C24H30F2N4O3S. The fraction of sp³-hybridized carbons (Fsp3) is 0.417. The number of benzene rings is 2. The number of fused-ring (bicyclic) bond motifs is 1. The molecule has 1 amide bonds. The highest BCUT2D eigenvalue weighted by Gasteiger charge is 2.28. The van der Waals surface area contributed by atoms with Gasteiger partial charge in [0.25, 0.3) is 0 Å². The van der Waals surface area contributed by atoms with Crippen LogP contribution >= 0.6 is 0 Å². The SMILES string of the molecule is Cc1ccc(S(=O)(=O)N[C@H](CC(C)C)C(=O)NC[C@@H](C)c2nc3ccccc3n2C(F)F)cc1. The summed E-state index contributed by atoms with van der Waals surface area (Å²) in [5.74, 6) is -0.858. The third-order valence-electron chi connectivity index (χ3n) is 5.49. The van der Waals surface area contributed by atoms with Crippen molar-refractivity contribution in [3.05, 3.63) is 59.9 Å². The van der Waals surface area contributed by atoms with Gasteiger partial charge in [0.2, 0.25) is 15.9 Å². The van der Waals surface area contributed by atoms with Gasteiger partial charge in [-0.05, 0) is 43.5 Å². The fourth-order valence-electron chi connectivity index (χ4n) is 3.74. The van der Waals surface area contributed by atoms with Crippen molar-refractivity contribution in [1.29, 1.82) is 0 Å². The van der Waals surface area contributed by atoms with E-state index in [4.69, 9.17) is 0 Å². The Morgan fingerprint density at radius 3 is 2.32 bits per heavy atom. The van der Waals surface area contributed by atoms with Crippen LogP contribution in [0, 0.1) is 12.8 Å². The van der Waals surface area contributed by atoms with Crippen LogP contribution in [0.3, 0.4) is 0 Å². The second-order valence-electron chi connectivity index (χ2n) is 8.87. The first kappa shape index (κ1) is 25.8. The van der Waals surface area contributed by atoms with Gasteiger partial charge in [-0.15, -0.1) is 0 Å². The first-order chi connectivity index (χ1) is 16.0. The number of nitrogens with zero attached hydrogens (tertiary/aromatic N) is 2. The summed E-state index contributed by atoms with van der Waals surface area (Å²) in [6.45, 7) is 4.55. The lowest BCUT2D eigenvalue weighted by molar-refractivity contribution is -0.123. The number of hydrogen-bond donors (Lipinski definition) is 2. The number of alkyl halides is 2. The van der Waals surface area contributed by atoms with Crippen molar-refractivity contribution in [2.24, 2.45) is 5.92 Å². The van der Waals surface area contributed by atoms with Crippen molar-refractivity contribution in [2.75, 3.05) is 6.54 Å². The Hall–Kier alpha value is -2.85. The summed E-state index contributed by atoms with van der Waals surface area (Å²) in [7, 11) is -3.92. The van der Waals surface area contributed by atoms with Gasteiger partial charge in [-0.2, -0.15) is 13.5 Å². The molecule has 0 saturated carbocycles. The van der Waals surface area contributed by atoms with Gasteiger partial charge in [0.05, 0.1) is 15.9 Å². The number of rotatable bonds is 10. The van der Waals surface area contributed by atoms with Crippen LogP contribution in [-0.2, 0) is 14.8 Å². The Bertz CT molecular complexity index is 1240. The lowest BCUT2D eigenvalue weighted by Crippen LogP contribution is -2.48. The van der Waals surface area contributed by atoms with Crippen LogP contribution in [0.2, 0.25) is 0 Å². The van der Waals surface area contributed by atoms with E-state index in [-0.39, 0.29) is 29.6 Å². The van der Waals surface area contributed by atoms with E-state index in [9.17, 15) is 22.0 Å². The smallest absolute Gasteiger partial charge is 0.320 e. The van der Waals surface area contributed by atoms with Gasteiger partial charge in [0, 0.05) is 12.5 Å². The van der Waals surface area contributed by atoms with Crippen LogP contribution in [-0.4, -0.2) is 36.5 Å². The quantitative estimate of drug-likeness (QED) is 0.440. The van der Waals surface area contributed by atoms with Crippen LogP contribution in [0.5, 0.6) is 0 Å². The van der Waals surface area contributed by atoms with Crippen molar-refractivity contribution in [3.8, 4) is 0 Å². The molecule has 0 radical (unpaired) electrons. The molecule has 7 nitrogen and oxygen atoms in total. The fourth-order valence-corrected chi connectivity index (χ4v) is 4.95. The van der Waals surface area contributed by atoms with E-state index in [1.165, 1.54) is 12.1 Å². The number of sulfonamides is 1. The second kappa shape index (κ2) is 10.6. The first-order valence-electron chi connectivity index (χ1n) is 11.1. The van der Waals surface area contributed by atoms with Crippen molar-refractivity contribution < 1.29 is 22.0 Å². The Morgan fingerprint density at radius 1 is 1.06 bits per heavy atom. The molecule has 1 aromatic heterocycles. The highest BCUT2D eigenvalue weighted by molar-refractivity contribution is 7.89. The van der Waals surface area contributed by atoms with E-state index in [1.54, 1.807) is 43.3 Å². The number of nitrogens with one attached hydrogen (secondary N) is 2. The van der Waals surface area contributed by atoms with E-state index in [2.05, 4.69) is 15.0 Å². The zero-order chi connectivity index (χ0) is 25.0. The molecule has 1 heterocycles. The third-order valence-corrected chi connectivity index (χ3v) is 6.98. The van der Waals surface area contributed by atoms with Crippen LogP contribution in [0.1, 0.15) is 51.0 Å². The van der Waals surface area contributed by atoms with Crippen molar-refractivity contribution in [3.63, 3.8) is 0 Å². The summed E-state index contributed by atoms with van der Waals surface area (Å²) >= 11 is 0. The maximum absolute atomic E-state index is 13.8. The standard InChI is InChI=1S/C24H30F2N4O3S/c1-15(2)13-20(29-34(32,33)18-11-9-16(3)10-12-18)23(31)27-14-17(4)22-28-19-7-5-6-8-21(19)30(22)24(25)26/h5-12,15,17,20,24,29H,13-14H2,1-4H3,(H,27,31)/t17-,20-/m1/s1. The minimum absolute atomic E-state index is 0.0235. The zero-order valence-electron chi connectivity index (χ0n) is 19.6. The average molecular weight is 493 g/mol. The predicted molar refractivity (Wildman–Crippen MR) is 127 cm³/mol. The molecule has 3 aromatic rings.